The first-order valence-electron chi connectivity index (χ1n) is 6.90. The van der Waals surface area contributed by atoms with Crippen molar-refractivity contribution in [2.45, 2.75) is 45.1 Å². The number of likely N-dealkylation sites (tertiary alicyclic amines) is 1. The number of piperidine rings is 1. The molecule has 1 fully saturated rings. The molecule has 0 aliphatic carbocycles. The van der Waals surface area contributed by atoms with Crippen LogP contribution < -0.4 is 4.72 Å². The van der Waals surface area contributed by atoms with Crippen LogP contribution in [-0.4, -0.2) is 56.5 Å². The number of sulfonamides is 1. The third-order valence-electron chi connectivity index (χ3n) is 3.29. The zero-order valence-corrected chi connectivity index (χ0v) is 12.1. The third-order valence-corrected chi connectivity index (χ3v) is 4.81. The molecule has 1 aliphatic rings. The van der Waals surface area contributed by atoms with E-state index in [-0.39, 0.29) is 18.4 Å². The molecule has 0 unspecified atom stereocenters. The van der Waals surface area contributed by atoms with E-state index in [0.717, 1.165) is 38.9 Å². The van der Waals surface area contributed by atoms with Crippen molar-refractivity contribution in [2.24, 2.45) is 0 Å². The van der Waals surface area contributed by atoms with Gasteiger partial charge in [0.15, 0.2) is 0 Å². The second-order valence-corrected chi connectivity index (χ2v) is 6.86. The number of aliphatic hydroxyl groups excluding tert-OH is 1. The summed E-state index contributed by atoms with van der Waals surface area (Å²) in [6.07, 6.45) is 4.03. The van der Waals surface area contributed by atoms with Crippen LogP contribution in [0.1, 0.15) is 39.0 Å². The largest absolute Gasteiger partial charge is 0.396 e. The Kier molecular flexibility index (Phi) is 7.14. The van der Waals surface area contributed by atoms with Crippen molar-refractivity contribution in [2.75, 3.05) is 32.0 Å². The van der Waals surface area contributed by atoms with Crippen LogP contribution in [0.25, 0.3) is 0 Å². The number of hydrogen-bond acceptors (Lipinski definition) is 4. The normalized spacial score (nSPS) is 19.2. The summed E-state index contributed by atoms with van der Waals surface area (Å²) in [4.78, 5) is 2.39. The van der Waals surface area contributed by atoms with E-state index in [9.17, 15) is 8.42 Å². The molecule has 6 heteroatoms. The van der Waals surface area contributed by atoms with E-state index in [0.29, 0.717) is 12.8 Å². The van der Waals surface area contributed by atoms with Crippen molar-refractivity contribution in [3.8, 4) is 0 Å². The molecule has 0 aromatic heterocycles. The summed E-state index contributed by atoms with van der Waals surface area (Å²) in [5.41, 5.74) is 0. The molecule has 0 spiro atoms. The number of nitrogens with zero attached hydrogens (tertiary/aromatic N) is 1. The summed E-state index contributed by atoms with van der Waals surface area (Å²) >= 11 is 0. The molecule has 18 heavy (non-hydrogen) atoms. The Bertz CT molecular complexity index is 311. The molecule has 5 nitrogen and oxygen atoms in total. The topological polar surface area (TPSA) is 69.6 Å². The SMILES string of the molecule is CCCN1CCC(NS(=O)(=O)CCCCO)CC1. The number of aliphatic hydroxyl groups is 1. The van der Waals surface area contributed by atoms with E-state index < -0.39 is 10.0 Å². The molecule has 0 bridgehead atoms. The molecule has 1 heterocycles. The van der Waals surface area contributed by atoms with Gasteiger partial charge in [0.05, 0.1) is 5.75 Å². The summed E-state index contributed by atoms with van der Waals surface area (Å²) in [7, 11) is -3.16. The molecule has 1 aliphatic heterocycles. The van der Waals surface area contributed by atoms with E-state index in [1.54, 1.807) is 0 Å². The van der Waals surface area contributed by atoms with Crippen LogP contribution in [0.15, 0.2) is 0 Å². The second kappa shape index (κ2) is 8.09. The van der Waals surface area contributed by atoms with Gasteiger partial charge in [-0.05, 0) is 51.7 Å². The molecule has 0 saturated carbocycles. The first-order chi connectivity index (χ1) is 8.57. The minimum absolute atomic E-state index is 0.0604. The Hall–Kier alpha value is -0.170. The van der Waals surface area contributed by atoms with E-state index >= 15 is 0 Å². The van der Waals surface area contributed by atoms with Crippen LogP contribution in [-0.2, 0) is 10.0 Å². The van der Waals surface area contributed by atoms with Gasteiger partial charge in [0.2, 0.25) is 10.0 Å². The summed E-state index contributed by atoms with van der Waals surface area (Å²) in [5, 5.41) is 8.64. The highest BCUT2D eigenvalue weighted by atomic mass is 32.2. The molecule has 1 rings (SSSR count). The molecule has 0 amide bonds. The fraction of sp³-hybridized carbons (Fsp3) is 1.00. The highest BCUT2D eigenvalue weighted by molar-refractivity contribution is 7.89. The average Bonchev–Trinajstić information content (AvgIpc) is 2.32. The van der Waals surface area contributed by atoms with Gasteiger partial charge >= 0.3 is 0 Å². The predicted octanol–water partition coefficient (Wildman–Crippen LogP) is 0.553. The van der Waals surface area contributed by atoms with Gasteiger partial charge < -0.3 is 10.0 Å². The molecular formula is C12H26N2O3S. The Morgan fingerprint density at radius 1 is 1.28 bits per heavy atom. The second-order valence-electron chi connectivity index (χ2n) is 4.98. The fourth-order valence-corrected chi connectivity index (χ4v) is 3.75. The van der Waals surface area contributed by atoms with Crippen LogP contribution in [0.2, 0.25) is 0 Å². The van der Waals surface area contributed by atoms with Crippen molar-refractivity contribution < 1.29 is 13.5 Å². The van der Waals surface area contributed by atoms with E-state index in [1.165, 1.54) is 0 Å². The lowest BCUT2D eigenvalue weighted by Crippen LogP contribution is -2.45. The van der Waals surface area contributed by atoms with Crippen LogP contribution >= 0.6 is 0 Å². The maximum Gasteiger partial charge on any atom is 0.211 e. The smallest absolute Gasteiger partial charge is 0.211 e. The van der Waals surface area contributed by atoms with Gasteiger partial charge in [-0.15, -0.1) is 0 Å². The fourth-order valence-electron chi connectivity index (χ4n) is 2.31. The highest BCUT2D eigenvalue weighted by Gasteiger charge is 2.22. The summed E-state index contributed by atoms with van der Waals surface area (Å²) in [5.74, 6) is 0.128. The van der Waals surface area contributed by atoms with Crippen molar-refractivity contribution in [3.63, 3.8) is 0 Å². The van der Waals surface area contributed by atoms with Crippen LogP contribution in [0.4, 0.5) is 0 Å². The lowest BCUT2D eigenvalue weighted by Gasteiger charge is -2.31. The number of hydrogen-bond donors (Lipinski definition) is 2. The Morgan fingerprint density at radius 2 is 1.94 bits per heavy atom. The van der Waals surface area contributed by atoms with Gasteiger partial charge in [-0.3, -0.25) is 0 Å². The van der Waals surface area contributed by atoms with Gasteiger partial charge in [0.1, 0.15) is 0 Å². The average molecular weight is 278 g/mol. The lowest BCUT2D eigenvalue weighted by atomic mass is 10.1. The number of nitrogens with one attached hydrogen (secondary N) is 1. The Balaban J connectivity index is 2.27. The molecule has 0 atom stereocenters. The summed E-state index contributed by atoms with van der Waals surface area (Å²) in [6.45, 7) is 5.30. The Morgan fingerprint density at radius 3 is 2.50 bits per heavy atom. The first kappa shape index (κ1) is 15.9. The van der Waals surface area contributed by atoms with Gasteiger partial charge in [-0.25, -0.2) is 13.1 Å². The lowest BCUT2D eigenvalue weighted by molar-refractivity contribution is 0.208. The predicted molar refractivity (Wildman–Crippen MR) is 73.0 cm³/mol. The summed E-state index contributed by atoms with van der Waals surface area (Å²) in [6, 6.07) is 0.0947. The monoisotopic (exact) mass is 278 g/mol. The van der Waals surface area contributed by atoms with Gasteiger partial charge in [0, 0.05) is 12.6 Å². The van der Waals surface area contributed by atoms with Gasteiger partial charge in [0.25, 0.3) is 0 Å². The quantitative estimate of drug-likeness (QED) is 0.636. The number of unbranched alkanes of at least 4 members (excludes halogenated alkanes) is 1. The maximum absolute atomic E-state index is 11.8. The molecule has 0 radical (unpaired) electrons. The molecular weight excluding hydrogens is 252 g/mol. The van der Waals surface area contributed by atoms with Crippen LogP contribution in [0, 0.1) is 0 Å². The zero-order chi connectivity index (χ0) is 13.4. The summed E-state index contributed by atoms with van der Waals surface area (Å²) < 4.78 is 26.3. The van der Waals surface area contributed by atoms with Crippen molar-refractivity contribution in [1.29, 1.82) is 0 Å². The highest BCUT2D eigenvalue weighted by Crippen LogP contribution is 2.12. The van der Waals surface area contributed by atoms with Crippen molar-refractivity contribution in [1.82, 2.24) is 9.62 Å². The van der Waals surface area contributed by atoms with E-state index in [4.69, 9.17) is 5.11 Å². The Labute approximate surface area is 111 Å². The van der Waals surface area contributed by atoms with Crippen LogP contribution in [0.5, 0.6) is 0 Å². The molecule has 1 saturated heterocycles. The standard InChI is InChI=1S/C12H26N2O3S/c1-2-7-14-8-5-12(6-9-14)13-18(16,17)11-4-3-10-15/h12-13,15H,2-11H2,1H3. The molecule has 108 valence electrons. The van der Waals surface area contributed by atoms with Gasteiger partial charge in [-0.2, -0.15) is 0 Å². The van der Waals surface area contributed by atoms with Crippen molar-refractivity contribution >= 4 is 10.0 Å². The van der Waals surface area contributed by atoms with Crippen LogP contribution in [0.3, 0.4) is 0 Å². The third kappa shape index (κ3) is 6.13. The first-order valence-corrected chi connectivity index (χ1v) is 8.56. The van der Waals surface area contributed by atoms with Crippen molar-refractivity contribution in [3.05, 3.63) is 0 Å². The number of rotatable bonds is 8. The van der Waals surface area contributed by atoms with E-state index in [2.05, 4.69) is 16.5 Å². The van der Waals surface area contributed by atoms with Gasteiger partial charge in [-0.1, -0.05) is 6.92 Å². The van der Waals surface area contributed by atoms with E-state index in [1.807, 2.05) is 0 Å². The molecule has 2 N–H and O–H groups in total. The molecule has 0 aromatic rings. The minimum Gasteiger partial charge on any atom is -0.396 e. The molecule has 0 aromatic carbocycles. The zero-order valence-electron chi connectivity index (χ0n) is 11.3. The maximum atomic E-state index is 11.8. The minimum atomic E-state index is -3.16.